The summed E-state index contributed by atoms with van der Waals surface area (Å²) in [5.41, 5.74) is 17.8. The number of nitrogens with zero attached hydrogens (tertiary/aromatic N) is 3. The number of non-ortho nitro benzene ring substituents is 1. The third kappa shape index (κ3) is 9.01. The van der Waals surface area contributed by atoms with Crippen molar-refractivity contribution in [1.29, 1.82) is 0 Å². The Labute approximate surface area is 372 Å². The summed E-state index contributed by atoms with van der Waals surface area (Å²) in [6, 6.07) is 31.3. The zero-order valence-electron chi connectivity index (χ0n) is 38.8. The molecular formula is C56H59N5O2. The van der Waals surface area contributed by atoms with Crippen LogP contribution < -0.4 is 0 Å². The molecule has 8 bridgehead atoms. The van der Waals surface area contributed by atoms with Gasteiger partial charge < -0.3 is 9.97 Å². The Bertz CT molecular complexity index is 2910. The number of hydrogen-bond acceptors (Lipinski definition) is 4. The standard InChI is InChI=1S/C56H59N5O2/c1-53(2,3)37-27-35(28-38(31-37)54(4,5)6)51-47-21-16-41(57-47)33-42-17-22-48(58-42)52(36-29-39(55(7,8)9)32-40(30-36)56(10,11)12)50-26-24-46(60-50)44(45-23-25-49(51)59-45)20-15-34-13-18-43(19-14-34)61(62)63/h13-33,57,60H,1-12H3/b20-15+,41-33?,42-33?,45-44?,46-44?,51-47?,51-49?,52-48?,52-50?. The van der Waals surface area contributed by atoms with Crippen molar-refractivity contribution < 1.29 is 4.92 Å². The second-order valence-corrected chi connectivity index (χ2v) is 21.2. The van der Waals surface area contributed by atoms with E-state index in [0.717, 1.165) is 78.2 Å². The van der Waals surface area contributed by atoms with E-state index < -0.39 is 0 Å². The molecule has 0 aliphatic carbocycles. The molecule has 7 nitrogen and oxygen atoms in total. The summed E-state index contributed by atoms with van der Waals surface area (Å²) in [6.45, 7) is 27.2. The van der Waals surface area contributed by atoms with E-state index >= 15 is 0 Å². The monoisotopic (exact) mass is 833 g/mol. The van der Waals surface area contributed by atoms with Crippen LogP contribution in [0, 0.1) is 10.1 Å². The Kier molecular flexibility index (Phi) is 10.7. The molecule has 0 atom stereocenters. The average Bonchev–Trinajstić information content (AvgIpc) is 4.04. The minimum atomic E-state index is -0.374. The third-order valence-corrected chi connectivity index (χ3v) is 12.1. The number of H-pyrrole nitrogens is 2. The van der Waals surface area contributed by atoms with E-state index in [2.05, 4.69) is 190 Å². The molecule has 6 aromatic rings. The van der Waals surface area contributed by atoms with E-state index in [-0.39, 0.29) is 32.3 Å². The van der Waals surface area contributed by atoms with Crippen molar-refractivity contribution >= 4 is 64.2 Å². The predicted octanol–water partition coefficient (Wildman–Crippen LogP) is 15.3. The van der Waals surface area contributed by atoms with Crippen LogP contribution in [0.4, 0.5) is 5.69 Å². The highest BCUT2D eigenvalue weighted by Crippen LogP contribution is 2.40. The van der Waals surface area contributed by atoms with Crippen LogP contribution in [0.3, 0.4) is 0 Å². The summed E-state index contributed by atoms with van der Waals surface area (Å²) in [5, 5.41) is 11.5. The summed E-state index contributed by atoms with van der Waals surface area (Å²) in [5.74, 6) is 0. The fourth-order valence-electron chi connectivity index (χ4n) is 8.11. The lowest BCUT2D eigenvalue weighted by molar-refractivity contribution is -0.384. The minimum absolute atomic E-state index is 0.0525. The van der Waals surface area contributed by atoms with Crippen molar-refractivity contribution in [2.24, 2.45) is 0 Å². The number of nitro groups is 1. The van der Waals surface area contributed by atoms with Crippen LogP contribution in [0.15, 0.2) is 91.0 Å². The van der Waals surface area contributed by atoms with Crippen molar-refractivity contribution in [2.45, 2.75) is 105 Å². The fraction of sp³-hybridized carbons (Fsp3) is 0.286. The lowest BCUT2D eigenvalue weighted by Crippen LogP contribution is -2.16. The smallest absolute Gasteiger partial charge is 0.269 e. The normalized spacial score (nSPS) is 13.3. The number of nitro benzene ring substituents is 1. The number of rotatable bonds is 5. The topological polar surface area (TPSA) is 100 Å². The molecule has 7 heteroatoms. The molecule has 2 aliphatic heterocycles. The van der Waals surface area contributed by atoms with Crippen molar-refractivity contribution in [2.75, 3.05) is 0 Å². The molecule has 2 N–H and O–H groups in total. The Morgan fingerprint density at radius 1 is 0.492 bits per heavy atom. The van der Waals surface area contributed by atoms with Crippen LogP contribution >= 0.6 is 0 Å². The van der Waals surface area contributed by atoms with Gasteiger partial charge in [0.2, 0.25) is 0 Å². The maximum absolute atomic E-state index is 11.5. The van der Waals surface area contributed by atoms with Gasteiger partial charge >= 0.3 is 0 Å². The first-order valence-corrected chi connectivity index (χ1v) is 21.9. The van der Waals surface area contributed by atoms with Crippen LogP contribution in [-0.4, -0.2) is 24.9 Å². The molecule has 0 saturated carbocycles. The van der Waals surface area contributed by atoms with Crippen molar-refractivity contribution in [3.8, 4) is 22.3 Å². The van der Waals surface area contributed by atoms with Crippen LogP contribution in [0.2, 0.25) is 0 Å². The Balaban J connectivity index is 1.49. The molecule has 0 unspecified atom stereocenters. The fourth-order valence-corrected chi connectivity index (χ4v) is 8.11. The van der Waals surface area contributed by atoms with E-state index in [1.54, 1.807) is 12.1 Å². The van der Waals surface area contributed by atoms with Crippen molar-refractivity contribution in [3.05, 3.63) is 157 Å². The number of nitrogens with one attached hydrogen (secondary N) is 2. The molecule has 0 spiro atoms. The number of aromatic nitrogens is 4. The van der Waals surface area contributed by atoms with E-state index in [0.29, 0.717) is 0 Å². The highest BCUT2D eigenvalue weighted by atomic mass is 16.6. The molecule has 320 valence electrons. The van der Waals surface area contributed by atoms with E-state index in [9.17, 15) is 10.1 Å². The van der Waals surface area contributed by atoms with E-state index in [1.807, 2.05) is 6.08 Å². The molecule has 5 heterocycles. The first kappa shape index (κ1) is 43.1. The Morgan fingerprint density at radius 3 is 1.48 bits per heavy atom. The zero-order chi connectivity index (χ0) is 45.2. The van der Waals surface area contributed by atoms with Crippen molar-refractivity contribution in [3.63, 3.8) is 0 Å². The number of benzene rings is 3. The Morgan fingerprint density at radius 2 is 0.952 bits per heavy atom. The van der Waals surface area contributed by atoms with Gasteiger partial charge in [-0.05, 0) is 127 Å². The maximum Gasteiger partial charge on any atom is 0.269 e. The van der Waals surface area contributed by atoms with Crippen LogP contribution in [0.25, 0.3) is 80.8 Å². The van der Waals surface area contributed by atoms with Gasteiger partial charge in [-0.25, -0.2) is 9.97 Å². The minimum Gasteiger partial charge on any atom is -0.355 e. The summed E-state index contributed by atoms with van der Waals surface area (Å²) in [6.07, 6.45) is 12.5. The largest absolute Gasteiger partial charge is 0.355 e. The quantitative estimate of drug-likeness (QED) is 0.133. The lowest BCUT2D eigenvalue weighted by atomic mass is 9.78. The average molecular weight is 834 g/mol. The van der Waals surface area contributed by atoms with Gasteiger partial charge in [0.25, 0.3) is 5.69 Å². The summed E-state index contributed by atoms with van der Waals surface area (Å²) >= 11 is 0. The highest BCUT2D eigenvalue weighted by molar-refractivity contribution is 5.96. The number of hydrogen-bond donors (Lipinski definition) is 2. The van der Waals surface area contributed by atoms with Gasteiger partial charge in [0.1, 0.15) is 0 Å². The molecular weight excluding hydrogens is 775 g/mol. The summed E-state index contributed by atoms with van der Waals surface area (Å²) in [7, 11) is 0. The molecule has 3 aromatic carbocycles. The van der Waals surface area contributed by atoms with Crippen LogP contribution in [0.5, 0.6) is 0 Å². The first-order chi connectivity index (χ1) is 29.5. The first-order valence-electron chi connectivity index (χ1n) is 21.9. The number of aromatic amines is 2. The van der Waals surface area contributed by atoms with Gasteiger partial charge in [0.05, 0.1) is 27.7 Å². The SMILES string of the molecule is CC(C)(C)c1cc(-c2c3nc(c(/C=C/c4ccc([N+](=O)[O-])cc4)c4ccc([nH]4)c(-c4cc(C(C)(C)C)cc(C(C)(C)C)c4)c4nc(cc5ccc2[nH]5)C=C4)C=C3)cc(C(C)(C)C)c1. The highest BCUT2D eigenvalue weighted by Gasteiger charge is 2.25. The van der Waals surface area contributed by atoms with Gasteiger partial charge in [-0.15, -0.1) is 0 Å². The second-order valence-electron chi connectivity index (χ2n) is 21.2. The predicted molar refractivity (Wildman–Crippen MR) is 267 cm³/mol. The summed E-state index contributed by atoms with van der Waals surface area (Å²) in [4.78, 5) is 29.5. The van der Waals surface area contributed by atoms with E-state index in [1.165, 1.54) is 34.4 Å². The van der Waals surface area contributed by atoms with Gasteiger partial charge in [0.15, 0.2) is 0 Å². The Hall–Kier alpha value is -6.60. The second kappa shape index (κ2) is 15.6. The number of fused-ring (bicyclic) bond motifs is 8. The van der Waals surface area contributed by atoms with Gasteiger partial charge in [-0.1, -0.05) is 132 Å². The molecule has 3 aromatic heterocycles. The van der Waals surface area contributed by atoms with E-state index in [4.69, 9.17) is 9.97 Å². The van der Waals surface area contributed by atoms with Gasteiger partial charge in [-0.3, -0.25) is 10.1 Å². The third-order valence-electron chi connectivity index (χ3n) is 12.1. The molecule has 0 fully saturated rings. The maximum atomic E-state index is 11.5. The van der Waals surface area contributed by atoms with Crippen molar-refractivity contribution in [1.82, 2.24) is 19.9 Å². The van der Waals surface area contributed by atoms with Gasteiger partial charge in [0, 0.05) is 50.9 Å². The molecule has 63 heavy (non-hydrogen) atoms. The zero-order valence-corrected chi connectivity index (χ0v) is 38.8. The molecule has 0 radical (unpaired) electrons. The van der Waals surface area contributed by atoms with Crippen LogP contribution in [0.1, 0.15) is 139 Å². The molecule has 0 amide bonds. The summed E-state index contributed by atoms with van der Waals surface area (Å²) < 4.78 is 0. The van der Waals surface area contributed by atoms with Gasteiger partial charge in [-0.2, -0.15) is 0 Å². The van der Waals surface area contributed by atoms with Crippen LogP contribution in [-0.2, 0) is 21.7 Å². The molecule has 8 rings (SSSR count). The lowest BCUT2D eigenvalue weighted by Gasteiger charge is -2.26. The molecule has 0 saturated heterocycles. The molecule has 2 aliphatic rings.